The Hall–Kier alpha value is -6.91. The third kappa shape index (κ3) is 5.04. The summed E-state index contributed by atoms with van der Waals surface area (Å²) < 4.78 is 6.86. The lowest BCUT2D eigenvalue weighted by atomic mass is 9.92. The molecule has 0 saturated carbocycles. The molecule has 0 aliphatic carbocycles. The molecule has 2 heterocycles. The average molecular weight is 652 g/mol. The topological polar surface area (TPSA) is 51.8 Å². The molecule has 0 fully saturated rings. The fourth-order valence-corrected chi connectivity index (χ4v) is 7.24. The minimum atomic E-state index is 0.602. The van der Waals surface area contributed by atoms with E-state index in [9.17, 15) is 0 Å². The largest absolute Gasteiger partial charge is 0.455 e. The van der Waals surface area contributed by atoms with Gasteiger partial charge in [0.1, 0.15) is 11.2 Å². The Morgan fingerprint density at radius 1 is 0.353 bits per heavy atom. The van der Waals surface area contributed by atoms with Crippen LogP contribution in [-0.2, 0) is 0 Å². The molecule has 0 bridgehead atoms. The molecule has 0 aliphatic rings. The maximum atomic E-state index is 6.86. The van der Waals surface area contributed by atoms with Gasteiger partial charge in [-0.15, -0.1) is 0 Å². The summed E-state index contributed by atoms with van der Waals surface area (Å²) in [4.78, 5) is 15.1. The number of benzene rings is 8. The number of rotatable bonds is 5. The van der Waals surface area contributed by atoms with E-state index in [1.54, 1.807) is 0 Å². The number of fused-ring (bicyclic) bond motifs is 5. The Kier molecular flexibility index (Phi) is 6.78. The molecular formula is C47H29N3O. The van der Waals surface area contributed by atoms with Crippen molar-refractivity contribution in [3.8, 4) is 56.4 Å². The molecule has 4 nitrogen and oxygen atoms in total. The molecule has 51 heavy (non-hydrogen) atoms. The van der Waals surface area contributed by atoms with E-state index < -0.39 is 0 Å². The zero-order chi connectivity index (χ0) is 33.7. The first-order chi connectivity index (χ1) is 25.3. The van der Waals surface area contributed by atoms with Crippen LogP contribution >= 0.6 is 0 Å². The highest BCUT2D eigenvalue weighted by atomic mass is 16.3. The molecule has 0 aliphatic heterocycles. The van der Waals surface area contributed by atoms with Crippen LogP contribution < -0.4 is 0 Å². The normalized spacial score (nSPS) is 11.5. The Bertz CT molecular complexity index is 2840. The molecule has 238 valence electrons. The fraction of sp³-hybridized carbons (Fsp3) is 0. The van der Waals surface area contributed by atoms with E-state index in [1.807, 2.05) is 72.8 Å². The van der Waals surface area contributed by atoms with Crippen molar-refractivity contribution >= 4 is 43.5 Å². The zero-order valence-corrected chi connectivity index (χ0v) is 27.5. The summed E-state index contributed by atoms with van der Waals surface area (Å²) in [5, 5.41) is 6.67. The van der Waals surface area contributed by atoms with Gasteiger partial charge in [0.05, 0.1) is 0 Å². The maximum Gasteiger partial charge on any atom is 0.164 e. The predicted octanol–water partition coefficient (Wildman–Crippen LogP) is 12.4. The van der Waals surface area contributed by atoms with Gasteiger partial charge in [-0.05, 0) is 62.5 Å². The van der Waals surface area contributed by atoms with E-state index in [1.165, 1.54) is 21.9 Å². The molecular weight excluding hydrogens is 623 g/mol. The third-order valence-electron chi connectivity index (χ3n) is 9.69. The van der Waals surface area contributed by atoms with Gasteiger partial charge in [0.15, 0.2) is 17.5 Å². The van der Waals surface area contributed by atoms with Crippen LogP contribution in [0.1, 0.15) is 0 Å². The van der Waals surface area contributed by atoms with Crippen LogP contribution in [0.5, 0.6) is 0 Å². The standard InChI is InChI=1S/C47H29N3O/c1-4-13-30(14-5-1)33-23-24-35-28-37(26-25-34(35)27-33)42-38-20-11-10-19-36(38)29-40-43-39(21-12-22-41(43)51-44(40)42)47-49-45(31-15-6-2-7-16-31)48-46(50-47)32-17-8-3-9-18-32/h1-29H. The molecule has 0 N–H and O–H groups in total. The van der Waals surface area contributed by atoms with Crippen LogP contribution in [0.4, 0.5) is 0 Å². The molecule has 10 aromatic rings. The smallest absolute Gasteiger partial charge is 0.164 e. The van der Waals surface area contributed by atoms with Crippen LogP contribution in [0.25, 0.3) is 99.9 Å². The van der Waals surface area contributed by atoms with Gasteiger partial charge in [0.25, 0.3) is 0 Å². The highest BCUT2D eigenvalue weighted by Crippen LogP contribution is 2.44. The lowest BCUT2D eigenvalue weighted by molar-refractivity contribution is 0.670. The SMILES string of the molecule is c1ccc(-c2ccc3cc(-c4c5ccccc5cc5c4oc4cccc(-c6nc(-c7ccccc7)nc(-c7ccccc7)n6)c45)ccc3c2)cc1. The van der Waals surface area contributed by atoms with Gasteiger partial charge in [-0.3, -0.25) is 0 Å². The maximum absolute atomic E-state index is 6.86. The van der Waals surface area contributed by atoms with Crippen molar-refractivity contribution in [2.75, 3.05) is 0 Å². The Balaban J connectivity index is 1.20. The van der Waals surface area contributed by atoms with E-state index in [2.05, 4.69) is 103 Å². The molecule has 2 aromatic heterocycles. The van der Waals surface area contributed by atoms with Crippen molar-refractivity contribution in [1.29, 1.82) is 0 Å². The predicted molar refractivity (Wildman–Crippen MR) is 209 cm³/mol. The monoisotopic (exact) mass is 651 g/mol. The first-order valence-electron chi connectivity index (χ1n) is 17.1. The molecule has 0 saturated heterocycles. The van der Waals surface area contributed by atoms with Crippen LogP contribution in [0.2, 0.25) is 0 Å². The quantitative estimate of drug-likeness (QED) is 0.186. The summed E-state index contributed by atoms with van der Waals surface area (Å²) in [6.07, 6.45) is 0. The number of furan rings is 1. The second kappa shape index (κ2) is 11.9. The average Bonchev–Trinajstić information content (AvgIpc) is 3.58. The van der Waals surface area contributed by atoms with Crippen molar-refractivity contribution in [3.63, 3.8) is 0 Å². The fourth-order valence-electron chi connectivity index (χ4n) is 7.24. The minimum absolute atomic E-state index is 0.602. The Morgan fingerprint density at radius 3 is 1.61 bits per heavy atom. The minimum Gasteiger partial charge on any atom is -0.455 e. The van der Waals surface area contributed by atoms with Gasteiger partial charge in [-0.1, -0.05) is 152 Å². The summed E-state index contributed by atoms with van der Waals surface area (Å²) in [6.45, 7) is 0. The summed E-state index contributed by atoms with van der Waals surface area (Å²) in [6, 6.07) is 61.0. The van der Waals surface area contributed by atoms with E-state index >= 15 is 0 Å². The number of aromatic nitrogens is 3. The molecule has 8 aromatic carbocycles. The Morgan fingerprint density at radius 2 is 0.922 bits per heavy atom. The van der Waals surface area contributed by atoms with Gasteiger partial charge < -0.3 is 4.42 Å². The molecule has 4 heteroatoms. The van der Waals surface area contributed by atoms with E-state index in [-0.39, 0.29) is 0 Å². The summed E-state index contributed by atoms with van der Waals surface area (Å²) in [5.41, 5.74) is 8.99. The molecule has 0 spiro atoms. The molecule has 0 amide bonds. The number of hydrogen-bond acceptors (Lipinski definition) is 4. The highest BCUT2D eigenvalue weighted by molar-refractivity contribution is 6.21. The van der Waals surface area contributed by atoms with Crippen molar-refractivity contribution in [2.45, 2.75) is 0 Å². The second-order valence-corrected chi connectivity index (χ2v) is 12.8. The van der Waals surface area contributed by atoms with Gasteiger partial charge in [0.2, 0.25) is 0 Å². The summed E-state index contributed by atoms with van der Waals surface area (Å²) in [7, 11) is 0. The lowest BCUT2D eigenvalue weighted by Crippen LogP contribution is -2.00. The molecule has 0 radical (unpaired) electrons. The van der Waals surface area contributed by atoms with Crippen LogP contribution in [0.3, 0.4) is 0 Å². The highest BCUT2D eigenvalue weighted by Gasteiger charge is 2.21. The van der Waals surface area contributed by atoms with E-state index in [4.69, 9.17) is 19.4 Å². The van der Waals surface area contributed by atoms with E-state index in [0.717, 1.165) is 60.5 Å². The number of hydrogen-bond donors (Lipinski definition) is 0. The molecule has 0 atom stereocenters. The van der Waals surface area contributed by atoms with Gasteiger partial charge in [-0.2, -0.15) is 0 Å². The number of nitrogens with zero attached hydrogens (tertiary/aromatic N) is 3. The second-order valence-electron chi connectivity index (χ2n) is 12.8. The van der Waals surface area contributed by atoms with Crippen LogP contribution in [0, 0.1) is 0 Å². The van der Waals surface area contributed by atoms with Gasteiger partial charge in [0, 0.05) is 33.0 Å². The third-order valence-corrected chi connectivity index (χ3v) is 9.69. The Labute approximate surface area is 294 Å². The zero-order valence-electron chi connectivity index (χ0n) is 27.5. The summed E-state index contributed by atoms with van der Waals surface area (Å²) in [5.74, 6) is 1.86. The van der Waals surface area contributed by atoms with Gasteiger partial charge in [-0.25, -0.2) is 15.0 Å². The summed E-state index contributed by atoms with van der Waals surface area (Å²) >= 11 is 0. The first-order valence-corrected chi connectivity index (χ1v) is 17.1. The van der Waals surface area contributed by atoms with Crippen molar-refractivity contribution in [1.82, 2.24) is 15.0 Å². The first kappa shape index (κ1) is 29.0. The molecule has 10 rings (SSSR count). The lowest BCUT2D eigenvalue weighted by Gasteiger charge is -2.11. The van der Waals surface area contributed by atoms with Crippen LogP contribution in [-0.4, -0.2) is 15.0 Å². The van der Waals surface area contributed by atoms with E-state index in [0.29, 0.717) is 17.5 Å². The molecule has 0 unspecified atom stereocenters. The van der Waals surface area contributed by atoms with Crippen LogP contribution in [0.15, 0.2) is 180 Å². The van der Waals surface area contributed by atoms with Crippen molar-refractivity contribution < 1.29 is 4.42 Å². The van der Waals surface area contributed by atoms with Crippen molar-refractivity contribution in [3.05, 3.63) is 176 Å². The van der Waals surface area contributed by atoms with Gasteiger partial charge >= 0.3 is 0 Å². The van der Waals surface area contributed by atoms with Crippen molar-refractivity contribution in [2.24, 2.45) is 0 Å².